The van der Waals surface area contributed by atoms with Crippen molar-refractivity contribution in [2.45, 2.75) is 6.92 Å². The minimum absolute atomic E-state index is 0.0874. The highest BCUT2D eigenvalue weighted by molar-refractivity contribution is 6.08. The van der Waals surface area contributed by atoms with Crippen molar-refractivity contribution in [1.82, 2.24) is 10.3 Å². The molecule has 0 bridgehead atoms. The van der Waals surface area contributed by atoms with Crippen molar-refractivity contribution in [1.29, 1.82) is 0 Å². The number of nitrogens with two attached hydrogens (primary N) is 1. The van der Waals surface area contributed by atoms with Gasteiger partial charge in [-0.05, 0) is 19.1 Å². The van der Waals surface area contributed by atoms with E-state index in [1.54, 1.807) is 18.2 Å². The predicted molar refractivity (Wildman–Crippen MR) is 70.3 cm³/mol. The summed E-state index contributed by atoms with van der Waals surface area (Å²) in [7, 11) is 0. The Labute approximate surface area is 105 Å². The van der Waals surface area contributed by atoms with E-state index in [0.29, 0.717) is 16.8 Å². The number of hydrogen-bond donors (Lipinski definition) is 3. The summed E-state index contributed by atoms with van der Waals surface area (Å²) in [6.45, 7) is 1.95. The molecule has 0 radical (unpaired) electrons. The highest BCUT2D eigenvalue weighted by Gasteiger charge is 2.12. The second-order valence-electron chi connectivity index (χ2n) is 4.03. The number of aryl methyl sites for hydroxylation is 1. The lowest BCUT2D eigenvalue weighted by atomic mass is 10.1. The molecule has 2 rings (SSSR count). The number of pyridine rings is 1. The van der Waals surface area contributed by atoms with Gasteiger partial charge in [-0.1, -0.05) is 12.1 Å². The summed E-state index contributed by atoms with van der Waals surface area (Å²) in [6.07, 6.45) is 0. The molecule has 4 N–H and O–H groups in total. The molecule has 0 fully saturated rings. The van der Waals surface area contributed by atoms with Crippen molar-refractivity contribution in [3.05, 3.63) is 35.5 Å². The molecule has 1 aromatic carbocycles. The zero-order valence-electron chi connectivity index (χ0n) is 10.1. The molecule has 1 aromatic heterocycles. The van der Waals surface area contributed by atoms with E-state index in [1.165, 1.54) is 0 Å². The van der Waals surface area contributed by atoms with Crippen molar-refractivity contribution < 1.29 is 9.90 Å². The van der Waals surface area contributed by atoms with Gasteiger partial charge in [0.1, 0.15) is 0 Å². The molecule has 0 saturated carbocycles. The summed E-state index contributed by atoms with van der Waals surface area (Å²) < 4.78 is 0. The Morgan fingerprint density at radius 2 is 2.28 bits per heavy atom. The number of nitrogen functional groups attached to an aromatic ring is 1. The predicted octanol–water partition coefficient (Wildman–Crippen LogP) is 0.848. The number of aromatic nitrogens is 1. The van der Waals surface area contributed by atoms with Crippen LogP contribution in [0.1, 0.15) is 16.1 Å². The molecule has 0 unspecified atom stereocenters. The van der Waals surface area contributed by atoms with E-state index in [2.05, 4.69) is 10.3 Å². The van der Waals surface area contributed by atoms with E-state index in [-0.39, 0.29) is 19.1 Å². The molecule has 0 aliphatic rings. The Balaban J connectivity index is 2.56. The van der Waals surface area contributed by atoms with Gasteiger partial charge in [0.15, 0.2) is 0 Å². The average Bonchev–Trinajstić information content (AvgIpc) is 2.36. The van der Waals surface area contributed by atoms with E-state index in [1.807, 2.05) is 13.0 Å². The fourth-order valence-corrected chi connectivity index (χ4v) is 1.85. The van der Waals surface area contributed by atoms with Crippen LogP contribution in [0.4, 0.5) is 5.69 Å². The maximum atomic E-state index is 12.0. The highest BCUT2D eigenvalue weighted by Crippen LogP contribution is 2.23. The molecule has 0 saturated heterocycles. The lowest BCUT2D eigenvalue weighted by Crippen LogP contribution is -2.26. The summed E-state index contributed by atoms with van der Waals surface area (Å²) in [6, 6.07) is 7.07. The number of para-hydroxylation sites is 1. The largest absolute Gasteiger partial charge is 0.397 e. The van der Waals surface area contributed by atoms with Crippen LogP contribution in [0.15, 0.2) is 24.3 Å². The number of nitrogens with one attached hydrogen (secondary N) is 1. The van der Waals surface area contributed by atoms with Gasteiger partial charge in [0.25, 0.3) is 5.91 Å². The summed E-state index contributed by atoms with van der Waals surface area (Å²) in [5.74, 6) is -0.231. The van der Waals surface area contributed by atoms with Gasteiger partial charge in [0.2, 0.25) is 0 Å². The van der Waals surface area contributed by atoms with E-state index >= 15 is 0 Å². The van der Waals surface area contributed by atoms with Gasteiger partial charge in [-0.15, -0.1) is 0 Å². The molecule has 94 valence electrons. The molecule has 0 atom stereocenters. The van der Waals surface area contributed by atoms with Gasteiger partial charge in [-0.3, -0.25) is 9.78 Å². The van der Waals surface area contributed by atoms with Crippen LogP contribution in [-0.2, 0) is 0 Å². The molecular formula is C13H15N3O2. The molecule has 18 heavy (non-hydrogen) atoms. The number of carbonyl (C=O) groups is 1. The zero-order chi connectivity index (χ0) is 13.1. The van der Waals surface area contributed by atoms with Crippen molar-refractivity contribution in [2.75, 3.05) is 18.9 Å². The van der Waals surface area contributed by atoms with Gasteiger partial charge in [-0.25, -0.2) is 0 Å². The lowest BCUT2D eigenvalue weighted by Gasteiger charge is -2.09. The standard InChI is InChI=1S/C13H15N3O2/c1-8-7-10(13(18)15-5-6-17)9-3-2-4-11(14)12(9)16-8/h2-4,7,17H,5-6,14H2,1H3,(H,15,18). The van der Waals surface area contributed by atoms with Crippen LogP contribution in [0.3, 0.4) is 0 Å². The zero-order valence-corrected chi connectivity index (χ0v) is 10.1. The van der Waals surface area contributed by atoms with Crippen LogP contribution in [0.5, 0.6) is 0 Å². The molecule has 5 heteroatoms. The summed E-state index contributed by atoms with van der Waals surface area (Å²) in [4.78, 5) is 16.3. The maximum absolute atomic E-state index is 12.0. The normalized spacial score (nSPS) is 10.6. The fraction of sp³-hybridized carbons (Fsp3) is 0.231. The number of fused-ring (bicyclic) bond motifs is 1. The minimum Gasteiger partial charge on any atom is -0.397 e. The molecule has 1 amide bonds. The van der Waals surface area contributed by atoms with Crippen LogP contribution in [0.25, 0.3) is 10.9 Å². The van der Waals surface area contributed by atoms with Crippen LogP contribution in [-0.4, -0.2) is 29.1 Å². The van der Waals surface area contributed by atoms with Gasteiger partial charge in [-0.2, -0.15) is 0 Å². The van der Waals surface area contributed by atoms with Gasteiger partial charge in [0, 0.05) is 17.6 Å². The summed E-state index contributed by atoms with van der Waals surface area (Å²) in [5, 5.41) is 12.1. The van der Waals surface area contributed by atoms with E-state index < -0.39 is 0 Å². The molecule has 0 spiro atoms. The number of amides is 1. The first-order chi connectivity index (χ1) is 8.63. The number of hydrogen-bond acceptors (Lipinski definition) is 4. The Morgan fingerprint density at radius 3 is 3.00 bits per heavy atom. The molecule has 5 nitrogen and oxygen atoms in total. The topological polar surface area (TPSA) is 88.2 Å². The van der Waals surface area contributed by atoms with Crippen molar-refractivity contribution >= 4 is 22.5 Å². The smallest absolute Gasteiger partial charge is 0.252 e. The van der Waals surface area contributed by atoms with Crippen LogP contribution >= 0.6 is 0 Å². The highest BCUT2D eigenvalue weighted by atomic mass is 16.3. The van der Waals surface area contributed by atoms with Crippen molar-refractivity contribution in [3.8, 4) is 0 Å². The maximum Gasteiger partial charge on any atom is 0.252 e. The second kappa shape index (κ2) is 5.01. The Bertz CT molecular complexity index is 596. The van der Waals surface area contributed by atoms with Crippen molar-refractivity contribution in [2.24, 2.45) is 0 Å². The number of aliphatic hydroxyl groups is 1. The first kappa shape index (κ1) is 12.3. The van der Waals surface area contributed by atoms with Crippen LogP contribution < -0.4 is 11.1 Å². The number of nitrogens with zero attached hydrogens (tertiary/aromatic N) is 1. The first-order valence-electron chi connectivity index (χ1n) is 5.68. The number of anilines is 1. The molecule has 2 aromatic rings. The van der Waals surface area contributed by atoms with Gasteiger partial charge >= 0.3 is 0 Å². The van der Waals surface area contributed by atoms with Crippen molar-refractivity contribution in [3.63, 3.8) is 0 Å². The first-order valence-corrected chi connectivity index (χ1v) is 5.68. The average molecular weight is 245 g/mol. The number of carbonyl (C=O) groups excluding carboxylic acids is 1. The third-order valence-corrected chi connectivity index (χ3v) is 2.64. The second-order valence-corrected chi connectivity index (χ2v) is 4.03. The van der Waals surface area contributed by atoms with Crippen LogP contribution in [0, 0.1) is 6.92 Å². The lowest BCUT2D eigenvalue weighted by molar-refractivity contribution is 0.0946. The molecule has 0 aliphatic heterocycles. The Hall–Kier alpha value is -2.14. The monoisotopic (exact) mass is 245 g/mol. The van der Waals surface area contributed by atoms with E-state index in [0.717, 1.165) is 11.1 Å². The number of benzene rings is 1. The molecular weight excluding hydrogens is 230 g/mol. The third-order valence-electron chi connectivity index (χ3n) is 2.64. The third kappa shape index (κ3) is 2.26. The molecule has 0 aliphatic carbocycles. The number of rotatable bonds is 3. The van der Waals surface area contributed by atoms with Gasteiger partial charge in [0.05, 0.1) is 23.4 Å². The summed E-state index contributed by atoms with van der Waals surface area (Å²) >= 11 is 0. The number of aliphatic hydroxyl groups excluding tert-OH is 1. The summed E-state index contributed by atoms with van der Waals surface area (Å²) in [5.41, 5.74) is 8.30. The fourth-order valence-electron chi connectivity index (χ4n) is 1.85. The van der Waals surface area contributed by atoms with E-state index in [4.69, 9.17) is 10.8 Å². The van der Waals surface area contributed by atoms with Gasteiger partial charge < -0.3 is 16.2 Å². The van der Waals surface area contributed by atoms with E-state index in [9.17, 15) is 4.79 Å². The molecule has 1 heterocycles. The SMILES string of the molecule is Cc1cc(C(=O)NCCO)c2cccc(N)c2n1. The van der Waals surface area contributed by atoms with Crippen LogP contribution in [0.2, 0.25) is 0 Å². The quantitative estimate of drug-likeness (QED) is 0.699. The minimum atomic E-state index is -0.231. The Morgan fingerprint density at radius 1 is 1.50 bits per heavy atom. The Kier molecular flexibility index (Phi) is 3.43.